The summed E-state index contributed by atoms with van der Waals surface area (Å²) in [7, 11) is 0. The molecule has 1 heteroatoms. The van der Waals surface area contributed by atoms with E-state index < -0.39 is 0 Å². The molecule has 0 aromatic heterocycles. The number of hydrogen-bond donors (Lipinski definition) is 1. The molecule has 0 spiro atoms. The number of rotatable bonds is 8. The topological polar surface area (TPSA) is 26.0 Å². The number of nitrogens with two attached hydrogens (primary N) is 1. The summed E-state index contributed by atoms with van der Waals surface area (Å²) in [4.78, 5) is 0. The second-order valence-corrected chi connectivity index (χ2v) is 6.78. The van der Waals surface area contributed by atoms with Gasteiger partial charge in [-0.15, -0.1) is 0 Å². The molecule has 0 aliphatic heterocycles. The first kappa shape index (κ1) is 16.0. The third-order valence-electron chi connectivity index (χ3n) is 3.56. The van der Waals surface area contributed by atoms with Gasteiger partial charge in [-0.1, -0.05) is 53.4 Å². The van der Waals surface area contributed by atoms with Crippen molar-refractivity contribution in [3.8, 4) is 0 Å². The molecule has 0 bridgehead atoms. The van der Waals surface area contributed by atoms with Gasteiger partial charge >= 0.3 is 0 Å². The summed E-state index contributed by atoms with van der Waals surface area (Å²) in [5.41, 5.74) is 6.52. The second kappa shape index (κ2) is 6.64. The monoisotopic (exact) mass is 227 g/mol. The first-order valence-electron chi connectivity index (χ1n) is 7.02. The van der Waals surface area contributed by atoms with Crippen molar-refractivity contribution in [3.63, 3.8) is 0 Å². The van der Waals surface area contributed by atoms with E-state index in [4.69, 9.17) is 5.73 Å². The average molecular weight is 227 g/mol. The summed E-state index contributed by atoms with van der Waals surface area (Å²) >= 11 is 0. The average Bonchev–Trinajstić information content (AvgIpc) is 2.07. The van der Waals surface area contributed by atoms with E-state index in [1.165, 1.54) is 32.1 Å². The van der Waals surface area contributed by atoms with Gasteiger partial charge in [0.2, 0.25) is 0 Å². The fourth-order valence-corrected chi connectivity index (χ4v) is 3.04. The maximum absolute atomic E-state index is 6.18. The van der Waals surface area contributed by atoms with Gasteiger partial charge in [-0.3, -0.25) is 0 Å². The molecule has 0 aliphatic carbocycles. The third kappa shape index (κ3) is 6.52. The van der Waals surface area contributed by atoms with Crippen LogP contribution in [0.4, 0.5) is 0 Å². The van der Waals surface area contributed by atoms with Gasteiger partial charge in [0.15, 0.2) is 0 Å². The predicted octanol–water partition coefficient (Wildman–Crippen LogP) is 4.75. The molecule has 0 heterocycles. The predicted molar refractivity (Wildman–Crippen MR) is 74.6 cm³/mol. The molecule has 1 unspecified atom stereocenters. The zero-order chi connectivity index (χ0) is 12.8. The van der Waals surface area contributed by atoms with Crippen molar-refractivity contribution in [2.45, 2.75) is 85.6 Å². The lowest BCUT2D eigenvalue weighted by Crippen LogP contribution is -2.40. The molecule has 1 atom stereocenters. The highest BCUT2D eigenvalue weighted by atomic mass is 14.7. The molecule has 0 saturated carbocycles. The quantitative estimate of drug-likeness (QED) is 0.636. The third-order valence-corrected chi connectivity index (χ3v) is 3.56. The summed E-state index contributed by atoms with van der Waals surface area (Å²) in [6.45, 7) is 13.7. The van der Waals surface area contributed by atoms with Gasteiger partial charge in [0.05, 0.1) is 0 Å². The Hall–Kier alpha value is -0.0400. The van der Waals surface area contributed by atoms with Crippen LogP contribution >= 0.6 is 0 Å². The van der Waals surface area contributed by atoms with Crippen molar-refractivity contribution in [1.82, 2.24) is 0 Å². The highest BCUT2D eigenvalue weighted by Gasteiger charge is 2.32. The van der Waals surface area contributed by atoms with Gasteiger partial charge in [0.25, 0.3) is 0 Å². The summed E-state index contributed by atoms with van der Waals surface area (Å²) in [5, 5.41) is 0. The van der Waals surface area contributed by atoms with Gasteiger partial charge in [0, 0.05) is 5.54 Å². The fourth-order valence-electron chi connectivity index (χ4n) is 3.04. The summed E-state index contributed by atoms with van der Waals surface area (Å²) in [5.74, 6) is 0.834. The first-order valence-corrected chi connectivity index (χ1v) is 7.02. The van der Waals surface area contributed by atoms with E-state index in [-0.39, 0.29) is 5.54 Å². The molecule has 0 aromatic rings. The van der Waals surface area contributed by atoms with Crippen LogP contribution < -0.4 is 5.73 Å². The molecule has 0 fully saturated rings. The Kier molecular flexibility index (Phi) is 6.62. The Morgan fingerprint density at radius 3 is 1.88 bits per heavy atom. The van der Waals surface area contributed by atoms with Crippen molar-refractivity contribution in [2.75, 3.05) is 0 Å². The van der Waals surface area contributed by atoms with E-state index in [2.05, 4.69) is 41.5 Å². The molecule has 0 amide bonds. The molecule has 16 heavy (non-hydrogen) atoms. The molecule has 0 aliphatic rings. The van der Waals surface area contributed by atoms with E-state index in [9.17, 15) is 0 Å². The zero-order valence-corrected chi connectivity index (χ0v) is 12.4. The van der Waals surface area contributed by atoms with E-state index in [0.717, 1.165) is 12.3 Å². The Labute approximate surface area is 103 Å². The van der Waals surface area contributed by atoms with Crippen molar-refractivity contribution in [3.05, 3.63) is 0 Å². The minimum Gasteiger partial charge on any atom is -0.326 e. The van der Waals surface area contributed by atoms with Crippen molar-refractivity contribution in [2.24, 2.45) is 17.1 Å². The Balaban J connectivity index is 4.47. The van der Waals surface area contributed by atoms with Crippen molar-refractivity contribution in [1.29, 1.82) is 0 Å². The molecule has 98 valence electrons. The molecule has 0 rings (SSSR count). The van der Waals surface area contributed by atoms with E-state index in [1.807, 2.05) is 0 Å². The van der Waals surface area contributed by atoms with Crippen LogP contribution in [-0.2, 0) is 0 Å². The molecule has 0 saturated heterocycles. The largest absolute Gasteiger partial charge is 0.326 e. The van der Waals surface area contributed by atoms with E-state index in [1.54, 1.807) is 0 Å². The minimum atomic E-state index is -0.0400. The molecule has 0 radical (unpaired) electrons. The van der Waals surface area contributed by atoms with Crippen molar-refractivity contribution >= 4 is 0 Å². The number of unbranched alkanes of at least 4 members (excludes halogenated alkanes) is 1. The highest BCUT2D eigenvalue weighted by Crippen LogP contribution is 2.39. The Morgan fingerprint density at radius 1 is 0.938 bits per heavy atom. The Bertz CT molecular complexity index is 176. The standard InChI is InChI=1S/C15H33N/c1-7-9-11-13(10-8-2)14(3,4)12-15(5,6)16/h13H,7-12,16H2,1-6H3. The smallest absolute Gasteiger partial charge is 0.0102 e. The first-order chi connectivity index (χ1) is 7.23. The van der Waals surface area contributed by atoms with Crippen LogP contribution in [0.2, 0.25) is 0 Å². The number of hydrogen-bond acceptors (Lipinski definition) is 1. The van der Waals surface area contributed by atoms with Crippen LogP contribution in [0.3, 0.4) is 0 Å². The van der Waals surface area contributed by atoms with Gasteiger partial charge in [-0.05, 0) is 38.0 Å². The summed E-state index contributed by atoms with van der Waals surface area (Å²) < 4.78 is 0. The van der Waals surface area contributed by atoms with Crippen molar-refractivity contribution < 1.29 is 0 Å². The molecule has 2 N–H and O–H groups in total. The normalized spacial score (nSPS) is 15.2. The van der Waals surface area contributed by atoms with Gasteiger partial charge < -0.3 is 5.73 Å². The molecular weight excluding hydrogens is 194 g/mol. The maximum Gasteiger partial charge on any atom is 0.0102 e. The maximum atomic E-state index is 6.18. The van der Waals surface area contributed by atoms with E-state index in [0.29, 0.717) is 5.41 Å². The minimum absolute atomic E-state index is 0.0400. The van der Waals surface area contributed by atoms with Crippen LogP contribution in [0.25, 0.3) is 0 Å². The Morgan fingerprint density at radius 2 is 1.50 bits per heavy atom. The molecule has 0 aromatic carbocycles. The second-order valence-electron chi connectivity index (χ2n) is 6.78. The van der Waals surface area contributed by atoms with Crippen LogP contribution in [0, 0.1) is 11.3 Å². The molecular formula is C15H33N. The van der Waals surface area contributed by atoms with Crippen LogP contribution in [-0.4, -0.2) is 5.54 Å². The summed E-state index contributed by atoms with van der Waals surface area (Å²) in [6, 6.07) is 0. The van der Waals surface area contributed by atoms with Gasteiger partial charge in [-0.25, -0.2) is 0 Å². The lowest BCUT2D eigenvalue weighted by atomic mass is 9.68. The summed E-state index contributed by atoms with van der Waals surface area (Å²) in [6.07, 6.45) is 7.80. The lowest BCUT2D eigenvalue weighted by Gasteiger charge is -2.39. The van der Waals surface area contributed by atoms with Gasteiger partial charge in [-0.2, -0.15) is 0 Å². The van der Waals surface area contributed by atoms with Crippen LogP contribution in [0.5, 0.6) is 0 Å². The zero-order valence-electron chi connectivity index (χ0n) is 12.4. The molecule has 1 nitrogen and oxygen atoms in total. The lowest BCUT2D eigenvalue weighted by molar-refractivity contribution is 0.136. The van der Waals surface area contributed by atoms with Crippen LogP contribution in [0.1, 0.15) is 80.1 Å². The SMILES string of the molecule is CCCCC(CCC)C(C)(C)CC(C)(C)N. The van der Waals surface area contributed by atoms with E-state index >= 15 is 0 Å². The fraction of sp³-hybridized carbons (Fsp3) is 1.00. The highest BCUT2D eigenvalue weighted by molar-refractivity contribution is 4.86. The van der Waals surface area contributed by atoms with Crippen LogP contribution in [0.15, 0.2) is 0 Å². The van der Waals surface area contributed by atoms with Gasteiger partial charge in [0.1, 0.15) is 0 Å².